The maximum atomic E-state index is 6.12. The summed E-state index contributed by atoms with van der Waals surface area (Å²) in [7, 11) is 1.98. The maximum Gasteiger partial charge on any atom is 0.0412 e. The van der Waals surface area contributed by atoms with Crippen LogP contribution in [0.5, 0.6) is 0 Å². The zero-order valence-electron chi connectivity index (χ0n) is 12.5. The lowest BCUT2D eigenvalue weighted by atomic mass is 10.1. The van der Waals surface area contributed by atoms with Crippen molar-refractivity contribution in [3.63, 3.8) is 0 Å². The Morgan fingerprint density at radius 3 is 2.26 bits per heavy atom. The molecule has 2 nitrogen and oxygen atoms in total. The number of anilines is 1. The van der Waals surface area contributed by atoms with E-state index >= 15 is 0 Å². The molecule has 1 N–H and O–H groups in total. The molecule has 0 saturated heterocycles. The van der Waals surface area contributed by atoms with Crippen molar-refractivity contribution >= 4 is 17.3 Å². The van der Waals surface area contributed by atoms with E-state index < -0.39 is 0 Å². The van der Waals surface area contributed by atoms with Gasteiger partial charge in [0.2, 0.25) is 0 Å². The second kappa shape index (κ2) is 9.22. The van der Waals surface area contributed by atoms with Crippen molar-refractivity contribution < 1.29 is 0 Å². The molecule has 0 aliphatic rings. The van der Waals surface area contributed by atoms with E-state index in [0.29, 0.717) is 0 Å². The molecule has 1 aromatic carbocycles. The van der Waals surface area contributed by atoms with Crippen LogP contribution >= 0.6 is 11.6 Å². The van der Waals surface area contributed by atoms with Gasteiger partial charge in [0.05, 0.1) is 0 Å². The van der Waals surface area contributed by atoms with Gasteiger partial charge in [-0.25, -0.2) is 0 Å². The third kappa shape index (κ3) is 5.42. The zero-order chi connectivity index (χ0) is 14.1. The second-order valence-electron chi connectivity index (χ2n) is 5.00. The lowest BCUT2D eigenvalue weighted by Crippen LogP contribution is -2.27. The number of nitrogens with one attached hydrogen (secondary N) is 1. The molecule has 108 valence electrons. The Labute approximate surface area is 123 Å². The molecule has 3 heteroatoms. The molecule has 0 amide bonds. The largest absolute Gasteiger partial charge is 0.371 e. The van der Waals surface area contributed by atoms with Crippen molar-refractivity contribution in [3.8, 4) is 0 Å². The standard InChI is InChI=1S/C16H27ClN2/c1-4-6-10-19(11-7-5-2)16-9-8-15(17)12-14(16)13-18-3/h8-9,12,18H,4-7,10-11,13H2,1-3H3. The summed E-state index contributed by atoms with van der Waals surface area (Å²) in [6.45, 7) is 7.62. The predicted octanol–water partition coefficient (Wildman–Crippen LogP) is 4.47. The molecule has 0 heterocycles. The zero-order valence-corrected chi connectivity index (χ0v) is 13.3. The number of unbranched alkanes of at least 4 members (excludes halogenated alkanes) is 2. The van der Waals surface area contributed by atoms with Crippen molar-refractivity contribution in [1.82, 2.24) is 5.32 Å². The van der Waals surface area contributed by atoms with E-state index in [2.05, 4.69) is 36.2 Å². The topological polar surface area (TPSA) is 15.3 Å². The van der Waals surface area contributed by atoms with E-state index in [1.165, 1.54) is 36.9 Å². The van der Waals surface area contributed by atoms with Crippen LogP contribution in [-0.2, 0) is 6.54 Å². The summed E-state index contributed by atoms with van der Waals surface area (Å²) in [6.07, 6.45) is 4.95. The summed E-state index contributed by atoms with van der Waals surface area (Å²) in [5.41, 5.74) is 2.63. The average molecular weight is 283 g/mol. The quantitative estimate of drug-likeness (QED) is 0.719. The van der Waals surface area contributed by atoms with Crippen LogP contribution in [0, 0.1) is 0 Å². The van der Waals surface area contributed by atoms with Gasteiger partial charge in [-0.15, -0.1) is 0 Å². The van der Waals surface area contributed by atoms with Crippen LogP contribution < -0.4 is 10.2 Å². The lowest BCUT2D eigenvalue weighted by molar-refractivity contribution is 0.672. The Balaban J connectivity index is 2.91. The first kappa shape index (κ1) is 16.3. The predicted molar refractivity (Wildman–Crippen MR) is 86.2 cm³/mol. The van der Waals surface area contributed by atoms with Gasteiger partial charge < -0.3 is 10.2 Å². The Morgan fingerprint density at radius 2 is 1.74 bits per heavy atom. The smallest absolute Gasteiger partial charge is 0.0412 e. The first-order chi connectivity index (χ1) is 9.22. The molecule has 19 heavy (non-hydrogen) atoms. The van der Waals surface area contributed by atoms with E-state index in [1.54, 1.807) is 0 Å². The summed E-state index contributed by atoms with van der Waals surface area (Å²) in [6, 6.07) is 6.25. The Morgan fingerprint density at radius 1 is 1.11 bits per heavy atom. The van der Waals surface area contributed by atoms with Gasteiger partial charge in [0, 0.05) is 30.3 Å². The van der Waals surface area contributed by atoms with E-state index in [1.807, 2.05) is 13.1 Å². The van der Waals surface area contributed by atoms with E-state index in [-0.39, 0.29) is 0 Å². The van der Waals surface area contributed by atoms with Gasteiger partial charge in [-0.05, 0) is 43.7 Å². The molecule has 0 fully saturated rings. The van der Waals surface area contributed by atoms with Crippen molar-refractivity contribution in [2.75, 3.05) is 25.0 Å². The molecule has 0 radical (unpaired) electrons. The van der Waals surface area contributed by atoms with Crippen molar-refractivity contribution in [2.45, 2.75) is 46.1 Å². The summed E-state index contributed by atoms with van der Waals surface area (Å²) in [5.74, 6) is 0. The number of halogens is 1. The molecule has 0 aliphatic heterocycles. The number of benzene rings is 1. The van der Waals surface area contributed by atoms with Gasteiger partial charge in [0.15, 0.2) is 0 Å². The van der Waals surface area contributed by atoms with Crippen molar-refractivity contribution in [2.24, 2.45) is 0 Å². The van der Waals surface area contributed by atoms with Crippen molar-refractivity contribution in [3.05, 3.63) is 28.8 Å². The fourth-order valence-electron chi connectivity index (χ4n) is 2.25. The van der Waals surface area contributed by atoms with Crippen LogP contribution in [-0.4, -0.2) is 20.1 Å². The first-order valence-corrected chi connectivity index (χ1v) is 7.78. The maximum absolute atomic E-state index is 6.12. The molecule has 0 aromatic heterocycles. The highest BCUT2D eigenvalue weighted by molar-refractivity contribution is 6.30. The minimum atomic E-state index is 0.819. The van der Waals surface area contributed by atoms with Gasteiger partial charge >= 0.3 is 0 Å². The molecule has 0 aliphatic carbocycles. The van der Waals surface area contributed by atoms with E-state index in [4.69, 9.17) is 11.6 Å². The summed E-state index contributed by atoms with van der Waals surface area (Å²) in [4.78, 5) is 2.51. The number of rotatable bonds is 9. The number of nitrogens with zero attached hydrogens (tertiary/aromatic N) is 1. The summed E-state index contributed by atoms with van der Waals surface area (Å²) in [5, 5.41) is 4.05. The van der Waals surface area contributed by atoms with Gasteiger partial charge in [-0.2, -0.15) is 0 Å². The van der Waals surface area contributed by atoms with Crippen LogP contribution in [0.15, 0.2) is 18.2 Å². The molecule has 0 saturated carbocycles. The minimum Gasteiger partial charge on any atom is -0.371 e. The highest BCUT2D eigenvalue weighted by Gasteiger charge is 2.10. The van der Waals surface area contributed by atoms with E-state index in [9.17, 15) is 0 Å². The fraction of sp³-hybridized carbons (Fsp3) is 0.625. The van der Waals surface area contributed by atoms with Crippen LogP contribution in [0.4, 0.5) is 5.69 Å². The Bertz CT molecular complexity index is 358. The molecule has 0 unspecified atom stereocenters. The normalized spacial score (nSPS) is 10.7. The Hall–Kier alpha value is -0.730. The van der Waals surface area contributed by atoms with Crippen LogP contribution in [0.2, 0.25) is 5.02 Å². The summed E-state index contributed by atoms with van der Waals surface area (Å²) >= 11 is 6.12. The van der Waals surface area contributed by atoms with Gasteiger partial charge in [-0.3, -0.25) is 0 Å². The molecular formula is C16H27ClN2. The molecular weight excluding hydrogens is 256 g/mol. The summed E-state index contributed by atoms with van der Waals surface area (Å²) < 4.78 is 0. The highest BCUT2D eigenvalue weighted by Crippen LogP contribution is 2.25. The molecule has 1 aromatic rings. The lowest BCUT2D eigenvalue weighted by Gasteiger charge is -2.27. The molecule has 0 atom stereocenters. The SMILES string of the molecule is CCCCN(CCCC)c1ccc(Cl)cc1CNC. The number of hydrogen-bond donors (Lipinski definition) is 1. The van der Waals surface area contributed by atoms with Crippen molar-refractivity contribution in [1.29, 1.82) is 0 Å². The van der Waals surface area contributed by atoms with Gasteiger partial charge in [-0.1, -0.05) is 38.3 Å². The fourth-order valence-corrected chi connectivity index (χ4v) is 2.44. The number of hydrogen-bond acceptors (Lipinski definition) is 2. The first-order valence-electron chi connectivity index (χ1n) is 7.40. The minimum absolute atomic E-state index is 0.819. The third-order valence-corrected chi connectivity index (χ3v) is 3.55. The molecule has 1 rings (SSSR count). The molecule has 0 spiro atoms. The van der Waals surface area contributed by atoms with E-state index in [0.717, 1.165) is 24.7 Å². The van der Waals surface area contributed by atoms with Crippen LogP contribution in [0.25, 0.3) is 0 Å². The second-order valence-corrected chi connectivity index (χ2v) is 5.43. The van der Waals surface area contributed by atoms with Crippen LogP contribution in [0.3, 0.4) is 0 Å². The average Bonchev–Trinajstić information content (AvgIpc) is 2.40. The Kier molecular flexibility index (Phi) is 7.92. The highest BCUT2D eigenvalue weighted by atomic mass is 35.5. The monoisotopic (exact) mass is 282 g/mol. The van der Waals surface area contributed by atoms with Crippen LogP contribution in [0.1, 0.15) is 45.1 Å². The third-order valence-electron chi connectivity index (χ3n) is 3.31. The van der Waals surface area contributed by atoms with Gasteiger partial charge in [0.1, 0.15) is 0 Å². The molecule has 0 bridgehead atoms. The van der Waals surface area contributed by atoms with Gasteiger partial charge in [0.25, 0.3) is 0 Å².